The van der Waals surface area contributed by atoms with Gasteiger partial charge in [-0.15, -0.1) is 12.4 Å². The van der Waals surface area contributed by atoms with Gasteiger partial charge in [0.15, 0.2) is 0 Å². The van der Waals surface area contributed by atoms with Crippen LogP contribution >= 0.6 is 12.4 Å². The summed E-state index contributed by atoms with van der Waals surface area (Å²) in [6.45, 7) is 5.42. The molecule has 1 aromatic rings. The first-order valence-corrected chi connectivity index (χ1v) is 6.77. The minimum absolute atomic E-state index is 0. The van der Waals surface area contributed by atoms with Gasteiger partial charge in [0.2, 0.25) is 5.91 Å². The van der Waals surface area contributed by atoms with Crippen LogP contribution in [-0.4, -0.2) is 24.4 Å². The Morgan fingerprint density at radius 2 is 2.10 bits per heavy atom. The topological polar surface area (TPSA) is 41.1 Å². The van der Waals surface area contributed by atoms with Gasteiger partial charge in [-0.05, 0) is 31.9 Å². The minimum Gasteiger partial charge on any atom is -0.348 e. The average Bonchev–Trinajstić information content (AvgIpc) is 2.69. The fourth-order valence-electron chi connectivity index (χ4n) is 2.60. The van der Waals surface area contributed by atoms with Crippen molar-refractivity contribution in [3.63, 3.8) is 0 Å². The Hall–Kier alpha value is -1.20. The van der Waals surface area contributed by atoms with Crippen molar-refractivity contribution in [3.8, 4) is 0 Å². The third-order valence-corrected chi connectivity index (χ3v) is 3.68. The number of nitrogens with one attached hydrogen (secondary N) is 2. The van der Waals surface area contributed by atoms with Crippen LogP contribution in [0.25, 0.3) is 0 Å². The number of aryl methyl sites for hydroxylation is 2. The largest absolute Gasteiger partial charge is 0.348 e. The summed E-state index contributed by atoms with van der Waals surface area (Å²) in [6, 6.07) is 4.98. The van der Waals surface area contributed by atoms with Gasteiger partial charge in [-0.2, -0.15) is 0 Å². The Morgan fingerprint density at radius 1 is 1.43 bits per heavy atom. The zero-order valence-corrected chi connectivity index (χ0v) is 13.2. The third-order valence-electron chi connectivity index (χ3n) is 3.68. The molecule has 1 aromatic carbocycles. The van der Waals surface area contributed by atoms with Crippen LogP contribution in [0.1, 0.15) is 36.1 Å². The molecule has 118 valence electrons. The monoisotopic (exact) mass is 318 g/mol. The van der Waals surface area contributed by atoms with Crippen molar-refractivity contribution in [2.45, 2.75) is 45.2 Å². The summed E-state index contributed by atoms with van der Waals surface area (Å²) in [5, 5.41) is 5.37. The van der Waals surface area contributed by atoms with Crippen LogP contribution in [-0.2, 0) is 4.79 Å². The highest BCUT2D eigenvalue weighted by Crippen LogP contribution is 2.26. The van der Waals surface area contributed by atoms with Crippen LogP contribution in [0, 0.1) is 13.8 Å². The first kappa shape index (κ1) is 17.9. The van der Waals surface area contributed by atoms with E-state index in [0.717, 1.165) is 16.7 Å². The number of hydrogen-bond acceptors (Lipinski definition) is 2. The molecule has 6 heteroatoms. The first-order valence-electron chi connectivity index (χ1n) is 6.77. The van der Waals surface area contributed by atoms with Gasteiger partial charge in [0, 0.05) is 6.42 Å². The SMILES string of the molecule is Cc1ccc(C(C)NC(=O)C2CC(F)(F)CN2)c(C)c1.Cl. The predicted molar refractivity (Wildman–Crippen MR) is 81.1 cm³/mol. The summed E-state index contributed by atoms with van der Waals surface area (Å²) in [5.74, 6) is -3.15. The highest BCUT2D eigenvalue weighted by atomic mass is 35.5. The minimum atomic E-state index is -2.79. The van der Waals surface area contributed by atoms with Crippen molar-refractivity contribution < 1.29 is 13.6 Å². The third kappa shape index (κ3) is 4.38. The summed E-state index contributed by atoms with van der Waals surface area (Å²) in [4.78, 5) is 12.0. The number of alkyl halides is 2. The first-order chi connectivity index (χ1) is 9.28. The molecule has 21 heavy (non-hydrogen) atoms. The second-order valence-corrected chi connectivity index (χ2v) is 5.58. The molecule has 0 aromatic heterocycles. The standard InChI is InChI=1S/C15H20F2N2O.ClH/c1-9-4-5-12(10(2)6-9)11(3)19-14(20)13-7-15(16,17)8-18-13;/h4-6,11,13,18H,7-8H2,1-3H3,(H,19,20);1H. The molecule has 0 aliphatic carbocycles. The second-order valence-electron chi connectivity index (χ2n) is 5.58. The molecular weight excluding hydrogens is 298 g/mol. The maximum Gasteiger partial charge on any atom is 0.262 e. The van der Waals surface area contributed by atoms with E-state index in [2.05, 4.69) is 10.6 Å². The van der Waals surface area contributed by atoms with E-state index < -0.39 is 24.9 Å². The van der Waals surface area contributed by atoms with Crippen LogP contribution in [0.4, 0.5) is 8.78 Å². The molecule has 1 heterocycles. The van der Waals surface area contributed by atoms with E-state index in [1.807, 2.05) is 39.0 Å². The molecule has 0 spiro atoms. The second kappa shape index (κ2) is 6.71. The van der Waals surface area contributed by atoms with Crippen LogP contribution in [0.3, 0.4) is 0 Å². The Balaban J connectivity index is 0.00000220. The molecule has 0 saturated carbocycles. The maximum absolute atomic E-state index is 13.1. The Labute approximate surface area is 129 Å². The normalized spacial score (nSPS) is 21.5. The summed E-state index contributed by atoms with van der Waals surface area (Å²) >= 11 is 0. The highest BCUT2D eigenvalue weighted by Gasteiger charge is 2.42. The maximum atomic E-state index is 13.1. The van der Waals surface area contributed by atoms with E-state index in [1.54, 1.807) is 0 Å². The smallest absolute Gasteiger partial charge is 0.262 e. The molecule has 1 aliphatic heterocycles. The molecular formula is C15H21ClF2N2O. The van der Waals surface area contributed by atoms with Crippen molar-refractivity contribution in [3.05, 3.63) is 34.9 Å². The molecule has 0 bridgehead atoms. The molecule has 1 fully saturated rings. The van der Waals surface area contributed by atoms with Gasteiger partial charge in [-0.25, -0.2) is 8.78 Å². The van der Waals surface area contributed by atoms with Crippen LogP contribution < -0.4 is 10.6 Å². The molecule has 1 saturated heterocycles. The number of benzene rings is 1. The van der Waals surface area contributed by atoms with Gasteiger partial charge >= 0.3 is 0 Å². The van der Waals surface area contributed by atoms with Crippen molar-refractivity contribution in [2.75, 3.05) is 6.54 Å². The summed E-state index contributed by atoms with van der Waals surface area (Å²) in [6.07, 6.45) is -0.432. The van der Waals surface area contributed by atoms with E-state index in [-0.39, 0.29) is 24.4 Å². The molecule has 2 atom stereocenters. The lowest BCUT2D eigenvalue weighted by atomic mass is 10.00. The number of halogens is 3. The summed E-state index contributed by atoms with van der Waals surface area (Å²) in [7, 11) is 0. The van der Waals surface area contributed by atoms with Gasteiger partial charge in [0.05, 0.1) is 18.6 Å². The van der Waals surface area contributed by atoms with Crippen molar-refractivity contribution in [2.24, 2.45) is 0 Å². The lowest BCUT2D eigenvalue weighted by Crippen LogP contribution is -2.41. The lowest BCUT2D eigenvalue weighted by molar-refractivity contribution is -0.124. The van der Waals surface area contributed by atoms with E-state index in [1.165, 1.54) is 0 Å². The Morgan fingerprint density at radius 3 is 2.62 bits per heavy atom. The van der Waals surface area contributed by atoms with E-state index in [0.29, 0.717) is 0 Å². The van der Waals surface area contributed by atoms with E-state index >= 15 is 0 Å². The number of carbonyl (C=O) groups is 1. The molecule has 0 radical (unpaired) electrons. The summed E-state index contributed by atoms with van der Waals surface area (Å²) in [5.41, 5.74) is 3.25. The van der Waals surface area contributed by atoms with Gasteiger partial charge < -0.3 is 5.32 Å². The molecule has 2 unspecified atom stereocenters. The Kier molecular flexibility index (Phi) is 5.70. The molecule has 1 aliphatic rings. The van der Waals surface area contributed by atoms with Gasteiger partial charge in [0.1, 0.15) is 0 Å². The Bertz CT molecular complexity index is 522. The predicted octanol–water partition coefficient (Wildman–Crippen LogP) is 2.90. The molecule has 2 rings (SSSR count). The van der Waals surface area contributed by atoms with Crippen LogP contribution in [0.5, 0.6) is 0 Å². The average molecular weight is 319 g/mol. The summed E-state index contributed by atoms with van der Waals surface area (Å²) < 4.78 is 26.2. The molecule has 1 amide bonds. The van der Waals surface area contributed by atoms with E-state index in [4.69, 9.17) is 0 Å². The number of hydrogen-bond donors (Lipinski definition) is 2. The number of rotatable bonds is 3. The molecule has 3 nitrogen and oxygen atoms in total. The highest BCUT2D eigenvalue weighted by molar-refractivity contribution is 5.85. The van der Waals surface area contributed by atoms with Crippen molar-refractivity contribution in [1.82, 2.24) is 10.6 Å². The fourth-order valence-corrected chi connectivity index (χ4v) is 2.60. The number of amides is 1. The zero-order valence-electron chi connectivity index (χ0n) is 12.4. The number of carbonyl (C=O) groups excluding carboxylic acids is 1. The van der Waals surface area contributed by atoms with Crippen molar-refractivity contribution >= 4 is 18.3 Å². The quantitative estimate of drug-likeness (QED) is 0.899. The van der Waals surface area contributed by atoms with Gasteiger partial charge in [-0.3, -0.25) is 10.1 Å². The van der Waals surface area contributed by atoms with Gasteiger partial charge in [0.25, 0.3) is 5.92 Å². The van der Waals surface area contributed by atoms with Gasteiger partial charge in [-0.1, -0.05) is 23.8 Å². The molecule has 2 N–H and O–H groups in total. The lowest BCUT2D eigenvalue weighted by Gasteiger charge is -2.19. The zero-order chi connectivity index (χ0) is 14.9. The van der Waals surface area contributed by atoms with Crippen molar-refractivity contribution in [1.29, 1.82) is 0 Å². The van der Waals surface area contributed by atoms with E-state index in [9.17, 15) is 13.6 Å². The van der Waals surface area contributed by atoms with Crippen LogP contribution in [0.15, 0.2) is 18.2 Å². The fraction of sp³-hybridized carbons (Fsp3) is 0.533. The van der Waals surface area contributed by atoms with Crippen LogP contribution in [0.2, 0.25) is 0 Å².